The van der Waals surface area contributed by atoms with Crippen molar-refractivity contribution in [2.24, 2.45) is 0 Å². The van der Waals surface area contributed by atoms with E-state index in [4.69, 9.17) is 4.74 Å². The summed E-state index contributed by atoms with van der Waals surface area (Å²) in [6.07, 6.45) is 5.99. The van der Waals surface area contributed by atoms with E-state index in [0.717, 1.165) is 23.4 Å². The molecule has 0 unspecified atom stereocenters. The van der Waals surface area contributed by atoms with Gasteiger partial charge < -0.3 is 9.30 Å². The van der Waals surface area contributed by atoms with E-state index in [1.807, 2.05) is 19.1 Å². The molecule has 0 radical (unpaired) electrons. The number of ketones is 1. The number of benzene rings is 1. The van der Waals surface area contributed by atoms with Crippen molar-refractivity contribution in [3.05, 3.63) is 52.3 Å². The van der Waals surface area contributed by atoms with Gasteiger partial charge in [-0.05, 0) is 75.3 Å². The molecule has 2 aromatic rings. The van der Waals surface area contributed by atoms with E-state index in [1.54, 1.807) is 0 Å². The summed E-state index contributed by atoms with van der Waals surface area (Å²) in [6.45, 7) is 4.26. The Kier molecular flexibility index (Phi) is 3.51. The third-order valence-corrected chi connectivity index (χ3v) is 5.14. The average molecular weight is 309 g/mol. The van der Waals surface area contributed by atoms with Crippen LogP contribution >= 0.6 is 0 Å². The van der Waals surface area contributed by atoms with Crippen LogP contribution in [-0.2, 0) is 12.8 Å². The van der Waals surface area contributed by atoms with Crippen molar-refractivity contribution < 1.29 is 9.53 Å². The predicted molar refractivity (Wildman–Crippen MR) is 90.5 cm³/mol. The van der Waals surface area contributed by atoms with Crippen LogP contribution < -0.4 is 4.74 Å². The van der Waals surface area contributed by atoms with Crippen molar-refractivity contribution in [3.63, 3.8) is 0 Å². The largest absolute Gasteiger partial charge is 0.485 e. The lowest BCUT2D eigenvalue weighted by atomic mass is 10.1. The molecule has 0 N–H and O–H groups in total. The Morgan fingerprint density at radius 2 is 1.96 bits per heavy atom. The molecule has 0 amide bonds. The molecule has 1 aromatic heterocycles. The summed E-state index contributed by atoms with van der Waals surface area (Å²) in [5.74, 6) is 0.889. The fourth-order valence-electron chi connectivity index (χ4n) is 3.82. The van der Waals surface area contributed by atoms with E-state index >= 15 is 0 Å². The zero-order valence-corrected chi connectivity index (χ0v) is 13.9. The first-order chi connectivity index (χ1) is 11.1. The molecule has 2 aliphatic carbocycles. The normalized spacial score (nSPS) is 16.4. The highest BCUT2D eigenvalue weighted by Gasteiger charge is 2.28. The maximum Gasteiger partial charge on any atom is 0.202 e. The number of fused-ring (bicyclic) bond motifs is 1. The highest BCUT2D eigenvalue weighted by molar-refractivity contribution is 5.98. The summed E-state index contributed by atoms with van der Waals surface area (Å²) >= 11 is 0. The minimum Gasteiger partial charge on any atom is -0.485 e. The Labute approximate surface area is 137 Å². The van der Waals surface area contributed by atoms with Gasteiger partial charge in [0.1, 0.15) is 5.75 Å². The number of nitrogens with zero attached hydrogens (tertiary/aromatic N) is 1. The van der Waals surface area contributed by atoms with Gasteiger partial charge in [0.15, 0.2) is 6.61 Å². The highest BCUT2D eigenvalue weighted by atomic mass is 16.5. The molecule has 4 rings (SSSR count). The van der Waals surface area contributed by atoms with E-state index in [-0.39, 0.29) is 12.4 Å². The van der Waals surface area contributed by atoms with E-state index in [2.05, 4.69) is 23.6 Å². The van der Waals surface area contributed by atoms with Gasteiger partial charge in [-0.15, -0.1) is 0 Å². The van der Waals surface area contributed by atoms with Crippen molar-refractivity contribution in [3.8, 4) is 5.75 Å². The number of carbonyl (C=O) groups excluding carboxylic acids is 1. The van der Waals surface area contributed by atoms with Crippen molar-refractivity contribution in [1.29, 1.82) is 0 Å². The number of rotatable bonds is 5. The van der Waals surface area contributed by atoms with E-state index in [0.29, 0.717) is 6.04 Å². The zero-order chi connectivity index (χ0) is 16.0. The van der Waals surface area contributed by atoms with Gasteiger partial charge in [-0.1, -0.05) is 6.07 Å². The minimum atomic E-state index is 0.0745. The molecule has 1 saturated carbocycles. The van der Waals surface area contributed by atoms with Gasteiger partial charge in [0.05, 0.1) is 0 Å². The Morgan fingerprint density at radius 3 is 2.74 bits per heavy atom. The Balaban J connectivity index is 1.47. The fraction of sp³-hybridized carbons (Fsp3) is 0.450. The number of carbonyl (C=O) groups is 1. The number of aromatic nitrogens is 1. The van der Waals surface area contributed by atoms with Crippen LogP contribution in [0.1, 0.15) is 58.2 Å². The maximum absolute atomic E-state index is 12.5. The predicted octanol–water partition coefficient (Wildman–Crippen LogP) is 4.19. The molecule has 0 bridgehead atoms. The smallest absolute Gasteiger partial charge is 0.202 e. The molecular formula is C20H23NO2. The van der Waals surface area contributed by atoms with Crippen LogP contribution in [0.4, 0.5) is 0 Å². The van der Waals surface area contributed by atoms with Crippen molar-refractivity contribution in [2.45, 2.75) is 52.0 Å². The lowest BCUT2D eigenvalue weighted by Crippen LogP contribution is -2.13. The fourth-order valence-corrected chi connectivity index (χ4v) is 3.82. The molecule has 0 saturated heterocycles. The van der Waals surface area contributed by atoms with Gasteiger partial charge in [0.25, 0.3) is 0 Å². The number of hydrogen-bond acceptors (Lipinski definition) is 2. The monoisotopic (exact) mass is 309 g/mol. The van der Waals surface area contributed by atoms with Crippen LogP contribution in [0.25, 0.3) is 0 Å². The maximum atomic E-state index is 12.5. The van der Waals surface area contributed by atoms with E-state index in [9.17, 15) is 4.79 Å². The molecular weight excluding hydrogens is 286 g/mol. The van der Waals surface area contributed by atoms with Gasteiger partial charge in [-0.3, -0.25) is 4.79 Å². The molecule has 0 spiro atoms. The molecule has 23 heavy (non-hydrogen) atoms. The molecule has 0 atom stereocenters. The van der Waals surface area contributed by atoms with Gasteiger partial charge in [0, 0.05) is 23.0 Å². The van der Waals surface area contributed by atoms with Gasteiger partial charge in [-0.2, -0.15) is 0 Å². The molecule has 1 aromatic carbocycles. The first-order valence-corrected chi connectivity index (χ1v) is 8.59. The molecule has 3 nitrogen and oxygen atoms in total. The van der Waals surface area contributed by atoms with Crippen LogP contribution in [0.5, 0.6) is 5.75 Å². The first-order valence-electron chi connectivity index (χ1n) is 8.59. The third kappa shape index (κ3) is 2.69. The standard InChI is InChI=1S/C20H23NO2/c1-13-10-19(14(2)21(13)17-7-8-17)20(22)12-23-18-9-6-15-4-3-5-16(15)11-18/h6,9-11,17H,3-5,7-8,12H2,1-2H3. The first kappa shape index (κ1) is 14.6. The minimum absolute atomic E-state index is 0.0745. The number of aryl methyl sites for hydroxylation is 3. The number of hydrogen-bond donors (Lipinski definition) is 0. The van der Waals surface area contributed by atoms with Crippen molar-refractivity contribution in [2.75, 3.05) is 6.61 Å². The summed E-state index contributed by atoms with van der Waals surface area (Å²) in [4.78, 5) is 12.5. The topological polar surface area (TPSA) is 31.2 Å². The molecule has 120 valence electrons. The van der Waals surface area contributed by atoms with Gasteiger partial charge >= 0.3 is 0 Å². The summed E-state index contributed by atoms with van der Waals surface area (Å²) in [7, 11) is 0. The number of Topliss-reactive ketones (excluding diaryl/α,β-unsaturated/α-hetero) is 1. The van der Waals surface area contributed by atoms with Crippen molar-refractivity contribution >= 4 is 5.78 Å². The molecule has 3 heteroatoms. The summed E-state index contributed by atoms with van der Waals surface area (Å²) in [5.41, 5.74) is 5.90. The second-order valence-corrected chi connectivity index (χ2v) is 6.88. The van der Waals surface area contributed by atoms with Crippen molar-refractivity contribution in [1.82, 2.24) is 4.57 Å². The molecule has 1 fully saturated rings. The van der Waals surface area contributed by atoms with Crippen LogP contribution in [0, 0.1) is 13.8 Å². The van der Waals surface area contributed by atoms with Crippen LogP contribution in [0.15, 0.2) is 24.3 Å². The Hall–Kier alpha value is -2.03. The van der Waals surface area contributed by atoms with E-state index in [1.165, 1.54) is 42.5 Å². The Bertz CT molecular complexity index is 768. The molecule has 0 aliphatic heterocycles. The summed E-state index contributed by atoms with van der Waals surface area (Å²) in [5, 5.41) is 0. The lowest BCUT2D eigenvalue weighted by Gasteiger charge is -2.09. The average Bonchev–Trinajstić information content (AvgIpc) is 3.17. The summed E-state index contributed by atoms with van der Waals surface area (Å²) < 4.78 is 8.08. The van der Waals surface area contributed by atoms with Gasteiger partial charge in [0.2, 0.25) is 5.78 Å². The summed E-state index contributed by atoms with van der Waals surface area (Å²) in [6, 6.07) is 8.85. The van der Waals surface area contributed by atoms with Gasteiger partial charge in [-0.25, -0.2) is 0 Å². The van der Waals surface area contributed by atoms with Crippen LogP contribution in [0.3, 0.4) is 0 Å². The quantitative estimate of drug-likeness (QED) is 0.775. The second-order valence-electron chi connectivity index (χ2n) is 6.88. The molecule has 2 aliphatic rings. The number of ether oxygens (including phenoxy) is 1. The zero-order valence-electron chi connectivity index (χ0n) is 13.9. The SMILES string of the molecule is Cc1cc(C(=O)COc2ccc3c(c2)CCC3)c(C)n1C1CC1. The second kappa shape index (κ2) is 5.55. The lowest BCUT2D eigenvalue weighted by molar-refractivity contribution is 0.0920. The van der Waals surface area contributed by atoms with Crippen LogP contribution in [-0.4, -0.2) is 17.0 Å². The van der Waals surface area contributed by atoms with Crippen LogP contribution in [0.2, 0.25) is 0 Å². The Morgan fingerprint density at radius 1 is 1.17 bits per heavy atom. The van der Waals surface area contributed by atoms with E-state index < -0.39 is 0 Å². The highest BCUT2D eigenvalue weighted by Crippen LogP contribution is 2.38. The molecule has 1 heterocycles. The third-order valence-electron chi connectivity index (χ3n) is 5.14.